The van der Waals surface area contributed by atoms with Crippen molar-refractivity contribution in [3.63, 3.8) is 0 Å². The highest BCUT2D eigenvalue weighted by molar-refractivity contribution is 5.61. The summed E-state index contributed by atoms with van der Waals surface area (Å²) in [6.45, 7) is 1.54. The quantitative estimate of drug-likeness (QED) is 0.674. The van der Waals surface area contributed by atoms with Gasteiger partial charge in [-0.1, -0.05) is 5.16 Å². The second-order valence-electron chi connectivity index (χ2n) is 3.76. The maximum Gasteiger partial charge on any atom is 0.305 e. The van der Waals surface area contributed by atoms with E-state index < -0.39 is 39.7 Å². The Labute approximate surface area is 105 Å². The molecule has 19 heavy (non-hydrogen) atoms. The van der Waals surface area contributed by atoms with E-state index in [4.69, 9.17) is 10.3 Å². The van der Waals surface area contributed by atoms with Gasteiger partial charge in [0.1, 0.15) is 11.4 Å². The van der Waals surface area contributed by atoms with Gasteiger partial charge < -0.3 is 10.3 Å². The van der Waals surface area contributed by atoms with Gasteiger partial charge in [-0.3, -0.25) is 10.1 Å². The Balaban J connectivity index is 2.60. The van der Waals surface area contributed by atoms with Crippen LogP contribution in [0.2, 0.25) is 0 Å². The SMILES string of the molecule is CC(N)c1nc(-c2c(F)ccc([N+](=O)[O-])c2F)no1. The van der Waals surface area contributed by atoms with Crippen molar-refractivity contribution >= 4 is 5.69 Å². The summed E-state index contributed by atoms with van der Waals surface area (Å²) in [7, 11) is 0. The van der Waals surface area contributed by atoms with Crippen LogP contribution in [0.4, 0.5) is 14.5 Å². The van der Waals surface area contributed by atoms with E-state index in [9.17, 15) is 18.9 Å². The van der Waals surface area contributed by atoms with Crippen LogP contribution in [0.1, 0.15) is 18.9 Å². The fourth-order valence-electron chi connectivity index (χ4n) is 1.41. The zero-order valence-corrected chi connectivity index (χ0v) is 9.63. The lowest BCUT2D eigenvalue weighted by Gasteiger charge is -2.00. The molecule has 1 heterocycles. The molecule has 0 fully saturated rings. The van der Waals surface area contributed by atoms with Gasteiger partial charge in [0.2, 0.25) is 17.5 Å². The normalized spacial score (nSPS) is 12.4. The van der Waals surface area contributed by atoms with Gasteiger partial charge in [0.25, 0.3) is 0 Å². The first-order chi connectivity index (χ1) is 8.91. The number of rotatable bonds is 3. The van der Waals surface area contributed by atoms with Crippen molar-refractivity contribution in [2.75, 3.05) is 0 Å². The van der Waals surface area contributed by atoms with Crippen molar-refractivity contribution in [3.05, 3.63) is 39.8 Å². The Morgan fingerprint density at radius 1 is 1.47 bits per heavy atom. The Hall–Kier alpha value is -2.42. The van der Waals surface area contributed by atoms with Crippen molar-refractivity contribution in [2.24, 2.45) is 5.73 Å². The molecule has 2 rings (SSSR count). The minimum Gasteiger partial charge on any atom is -0.337 e. The highest BCUT2D eigenvalue weighted by Crippen LogP contribution is 2.30. The summed E-state index contributed by atoms with van der Waals surface area (Å²) >= 11 is 0. The van der Waals surface area contributed by atoms with Crippen LogP contribution < -0.4 is 5.73 Å². The Morgan fingerprint density at radius 2 is 2.16 bits per heavy atom. The molecule has 0 aliphatic rings. The number of halogens is 2. The lowest BCUT2D eigenvalue weighted by atomic mass is 10.1. The molecule has 2 aromatic rings. The fraction of sp³-hybridized carbons (Fsp3) is 0.200. The Morgan fingerprint density at radius 3 is 2.68 bits per heavy atom. The first-order valence-corrected chi connectivity index (χ1v) is 5.13. The van der Waals surface area contributed by atoms with Crippen LogP contribution in [-0.2, 0) is 0 Å². The molecule has 7 nitrogen and oxygen atoms in total. The van der Waals surface area contributed by atoms with Crippen molar-refractivity contribution in [3.8, 4) is 11.4 Å². The summed E-state index contributed by atoms with van der Waals surface area (Å²) in [5.41, 5.74) is 3.88. The molecule has 2 N–H and O–H groups in total. The number of hydrogen-bond acceptors (Lipinski definition) is 6. The molecule has 0 amide bonds. The molecule has 0 bridgehead atoms. The van der Waals surface area contributed by atoms with E-state index in [1.807, 2.05) is 0 Å². The average molecular weight is 270 g/mol. The van der Waals surface area contributed by atoms with Crippen LogP contribution in [0.15, 0.2) is 16.7 Å². The van der Waals surface area contributed by atoms with Gasteiger partial charge in [-0.25, -0.2) is 4.39 Å². The highest BCUT2D eigenvalue weighted by atomic mass is 19.1. The zero-order chi connectivity index (χ0) is 14.2. The third-order valence-corrected chi connectivity index (χ3v) is 2.32. The molecule has 0 aliphatic heterocycles. The minimum absolute atomic E-state index is 0.0275. The molecule has 0 saturated heterocycles. The number of hydrogen-bond donors (Lipinski definition) is 1. The number of benzene rings is 1. The van der Waals surface area contributed by atoms with E-state index in [0.29, 0.717) is 0 Å². The van der Waals surface area contributed by atoms with Gasteiger partial charge in [0.15, 0.2) is 0 Å². The number of nitrogens with two attached hydrogens (primary N) is 1. The van der Waals surface area contributed by atoms with Crippen LogP contribution in [0.5, 0.6) is 0 Å². The van der Waals surface area contributed by atoms with Crippen molar-refractivity contribution in [1.82, 2.24) is 10.1 Å². The van der Waals surface area contributed by atoms with Crippen LogP contribution in [-0.4, -0.2) is 15.1 Å². The third kappa shape index (κ3) is 2.27. The summed E-state index contributed by atoms with van der Waals surface area (Å²) in [5, 5.41) is 13.9. The maximum absolute atomic E-state index is 13.8. The fourth-order valence-corrected chi connectivity index (χ4v) is 1.41. The van der Waals surface area contributed by atoms with Gasteiger partial charge >= 0.3 is 5.69 Å². The molecule has 0 spiro atoms. The molecule has 1 aromatic heterocycles. The summed E-state index contributed by atoms with van der Waals surface area (Å²) in [6.07, 6.45) is 0. The lowest BCUT2D eigenvalue weighted by molar-refractivity contribution is -0.387. The van der Waals surface area contributed by atoms with Crippen molar-refractivity contribution < 1.29 is 18.2 Å². The van der Waals surface area contributed by atoms with Gasteiger partial charge in [0.05, 0.1) is 11.0 Å². The topological polar surface area (TPSA) is 108 Å². The second kappa shape index (κ2) is 4.69. The Bertz CT molecular complexity index is 642. The minimum atomic E-state index is -1.36. The second-order valence-corrected chi connectivity index (χ2v) is 3.76. The molecule has 0 radical (unpaired) electrons. The number of aromatic nitrogens is 2. The van der Waals surface area contributed by atoms with Gasteiger partial charge in [-0.2, -0.15) is 9.37 Å². The smallest absolute Gasteiger partial charge is 0.305 e. The molecular weight excluding hydrogens is 262 g/mol. The van der Waals surface area contributed by atoms with Gasteiger partial charge in [-0.15, -0.1) is 0 Å². The summed E-state index contributed by atoms with van der Waals surface area (Å²) in [5.74, 6) is -2.84. The summed E-state index contributed by atoms with van der Waals surface area (Å²) in [4.78, 5) is 13.3. The number of nitro groups is 1. The highest BCUT2D eigenvalue weighted by Gasteiger charge is 2.26. The molecule has 100 valence electrons. The average Bonchev–Trinajstić information content (AvgIpc) is 2.78. The van der Waals surface area contributed by atoms with E-state index >= 15 is 0 Å². The predicted octanol–water partition coefficient (Wildman–Crippen LogP) is 1.94. The van der Waals surface area contributed by atoms with Gasteiger partial charge in [-0.05, 0) is 13.0 Å². The molecular formula is C10H8F2N4O3. The monoisotopic (exact) mass is 270 g/mol. The summed E-state index contributed by atoms with van der Waals surface area (Å²) in [6, 6.07) is 0.866. The number of nitrogens with zero attached hydrogens (tertiary/aromatic N) is 3. The predicted molar refractivity (Wildman–Crippen MR) is 58.9 cm³/mol. The molecule has 1 aromatic carbocycles. The van der Waals surface area contributed by atoms with Crippen LogP contribution in [0.3, 0.4) is 0 Å². The van der Waals surface area contributed by atoms with Crippen LogP contribution >= 0.6 is 0 Å². The largest absolute Gasteiger partial charge is 0.337 e. The maximum atomic E-state index is 13.8. The molecule has 0 saturated carbocycles. The number of nitro benzene ring substituents is 1. The first-order valence-electron chi connectivity index (χ1n) is 5.13. The van der Waals surface area contributed by atoms with E-state index in [0.717, 1.165) is 12.1 Å². The first kappa shape index (κ1) is 13.0. The van der Waals surface area contributed by atoms with Crippen LogP contribution in [0.25, 0.3) is 11.4 Å². The van der Waals surface area contributed by atoms with E-state index in [-0.39, 0.29) is 5.89 Å². The molecule has 1 atom stereocenters. The van der Waals surface area contributed by atoms with Gasteiger partial charge in [0, 0.05) is 6.07 Å². The van der Waals surface area contributed by atoms with E-state index in [1.165, 1.54) is 6.92 Å². The van der Waals surface area contributed by atoms with Crippen molar-refractivity contribution in [1.29, 1.82) is 0 Å². The standard InChI is InChI=1S/C10H8F2N4O3/c1-4(13)10-14-9(15-19-10)7-5(11)2-3-6(8(7)12)16(17)18/h2-4H,13H2,1H3. The van der Waals surface area contributed by atoms with Crippen LogP contribution in [0, 0.1) is 21.7 Å². The molecule has 0 aliphatic carbocycles. The van der Waals surface area contributed by atoms with E-state index in [1.54, 1.807) is 0 Å². The van der Waals surface area contributed by atoms with E-state index in [2.05, 4.69) is 10.1 Å². The molecule has 1 unspecified atom stereocenters. The Kier molecular flexibility index (Phi) is 3.21. The zero-order valence-electron chi connectivity index (χ0n) is 9.63. The molecule has 9 heteroatoms. The van der Waals surface area contributed by atoms with Crippen molar-refractivity contribution in [2.45, 2.75) is 13.0 Å². The summed E-state index contributed by atoms with van der Waals surface area (Å²) < 4.78 is 32.1. The lowest BCUT2D eigenvalue weighted by Crippen LogP contribution is -2.05. The third-order valence-electron chi connectivity index (χ3n) is 2.32.